The first-order valence-corrected chi connectivity index (χ1v) is 7.36. The number of ether oxygens (including phenoxy) is 1. The molecule has 3 nitrogen and oxygen atoms in total. The Kier molecular flexibility index (Phi) is 5.83. The van der Waals surface area contributed by atoms with Gasteiger partial charge in [-0.1, -0.05) is 24.3 Å². The summed E-state index contributed by atoms with van der Waals surface area (Å²) in [6, 6.07) is 9.51. The van der Waals surface area contributed by atoms with Crippen LogP contribution in [-0.4, -0.2) is 37.7 Å². The van der Waals surface area contributed by atoms with E-state index >= 15 is 0 Å². The molecule has 0 atom stereocenters. The number of nitrogens with zero attached hydrogens (tertiary/aromatic N) is 1. The highest BCUT2D eigenvalue weighted by Gasteiger charge is 2.20. The molecule has 1 aromatic carbocycles. The van der Waals surface area contributed by atoms with E-state index in [2.05, 4.69) is 41.5 Å². The molecule has 1 aromatic rings. The van der Waals surface area contributed by atoms with Crippen LogP contribution in [-0.2, 0) is 17.8 Å². The Morgan fingerprint density at radius 2 is 2.00 bits per heavy atom. The van der Waals surface area contributed by atoms with Gasteiger partial charge in [-0.3, -0.25) is 4.90 Å². The summed E-state index contributed by atoms with van der Waals surface area (Å²) in [5.74, 6) is 0. The zero-order valence-corrected chi connectivity index (χ0v) is 12.2. The van der Waals surface area contributed by atoms with Crippen LogP contribution in [0.15, 0.2) is 24.3 Å². The molecule has 1 saturated carbocycles. The van der Waals surface area contributed by atoms with E-state index in [-0.39, 0.29) is 0 Å². The lowest BCUT2D eigenvalue weighted by atomic mass is 10.1. The summed E-state index contributed by atoms with van der Waals surface area (Å²) >= 11 is 0. The minimum absolute atomic E-state index is 0.767. The summed E-state index contributed by atoms with van der Waals surface area (Å²) in [5, 5.41) is 3.60. The van der Waals surface area contributed by atoms with Crippen LogP contribution < -0.4 is 5.32 Å². The summed E-state index contributed by atoms with van der Waals surface area (Å²) in [7, 11) is 2.16. The molecule has 106 valence electrons. The van der Waals surface area contributed by atoms with Gasteiger partial charge in [-0.15, -0.1) is 0 Å². The van der Waals surface area contributed by atoms with Gasteiger partial charge in [0.05, 0.1) is 6.61 Å². The van der Waals surface area contributed by atoms with Crippen molar-refractivity contribution in [3.8, 4) is 0 Å². The second-order valence-electron chi connectivity index (χ2n) is 5.36. The Hall–Kier alpha value is -0.900. The monoisotopic (exact) mass is 262 g/mol. The summed E-state index contributed by atoms with van der Waals surface area (Å²) in [6.45, 7) is 6.64. The van der Waals surface area contributed by atoms with Gasteiger partial charge in [-0.05, 0) is 37.9 Å². The van der Waals surface area contributed by atoms with Crippen LogP contribution in [0.3, 0.4) is 0 Å². The summed E-state index contributed by atoms with van der Waals surface area (Å²) in [4.78, 5) is 2.33. The average molecular weight is 262 g/mol. The Bertz CT molecular complexity index is 377. The van der Waals surface area contributed by atoms with Crippen molar-refractivity contribution >= 4 is 0 Å². The number of nitrogens with one attached hydrogen (secondary N) is 1. The normalized spacial score (nSPS) is 15.1. The van der Waals surface area contributed by atoms with E-state index in [1.807, 2.05) is 6.92 Å². The third-order valence-electron chi connectivity index (χ3n) is 3.54. The van der Waals surface area contributed by atoms with E-state index in [9.17, 15) is 0 Å². The molecule has 0 bridgehead atoms. The average Bonchev–Trinajstić information content (AvgIpc) is 3.22. The SMILES string of the molecule is CCOCCN(C)Cc1ccccc1CNC1CC1. The molecule has 0 radical (unpaired) electrons. The van der Waals surface area contributed by atoms with Gasteiger partial charge in [0.2, 0.25) is 0 Å². The summed E-state index contributed by atoms with van der Waals surface area (Å²) < 4.78 is 5.41. The van der Waals surface area contributed by atoms with Crippen LogP contribution >= 0.6 is 0 Å². The van der Waals surface area contributed by atoms with Crippen LogP contribution in [0.25, 0.3) is 0 Å². The van der Waals surface area contributed by atoms with Gasteiger partial charge in [0.1, 0.15) is 0 Å². The van der Waals surface area contributed by atoms with E-state index < -0.39 is 0 Å². The molecule has 19 heavy (non-hydrogen) atoms. The second-order valence-corrected chi connectivity index (χ2v) is 5.36. The smallest absolute Gasteiger partial charge is 0.0593 e. The van der Waals surface area contributed by atoms with E-state index in [0.717, 1.165) is 38.9 Å². The fourth-order valence-corrected chi connectivity index (χ4v) is 2.16. The third kappa shape index (κ3) is 5.31. The highest BCUT2D eigenvalue weighted by Crippen LogP contribution is 2.20. The highest BCUT2D eigenvalue weighted by molar-refractivity contribution is 5.27. The lowest BCUT2D eigenvalue weighted by molar-refractivity contribution is 0.120. The first-order chi connectivity index (χ1) is 9.29. The predicted molar refractivity (Wildman–Crippen MR) is 79.1 cm³/mol. The molecule has 0 heterocycles. The zero-order valence-electron chi connectivity index (χ0n) is 12.2. The first-order valence-electron chi connectivity index (χ1n) is 7.36. The van der Waals surface area contributed by atoms with Gasteiger partial charge in [0.25, 0.3) is 0 Å². The van der Waals surface area contributed by atoms with Crippen LogP contribution in [0.2, 0.25) is 0 Å². The van der Waals surface area contributed by atoms with Crippen molar-refractivity contribution in [1.29, 1.82) is 0 Å². The van der Waals surface area contributed by atoms with Crippen molar-refractivity contribution in [2.45, 2.75) is 38.9 Å². The van der Waals surface area contributed by atoms with Gasteiger partial charge in [-0.25, -0.2) is 0 Å². The number of likely N-dealkylation sites (N-methyl/N-ethyl adjacent to an activating group) is 1. The molecule has 0 unspecified atom stereocenters. The lowest BCUT2D eigenvalue weighted by Gasteiger charge is -2.19. The Labute approximate surface area is 116 Å². The van der Waals surface area contributed by atoms with Crippen LogP contribution in [0.4, 0.5) is 0 Å². The largest absolute Gasteiger partial charge is 0.380 e. The molecule has 0 saturated heterocycles. The van der Waals surface area contributed by atoms with Crippen molar-refractivity contribution < 1.29 is 4.74 Å². The number of benzene rings is 1. The van der Waals surface area contributed by atoms with Gasteiger partial charge < -0.3 is 10.1 Å². The van der Waals surface area contributed by atoms with Crippen molar-refractivity contribution in [1.82, 2.24) is 10.2 Å². The molecule has 3 heteroatoms. The van der Waals surface area contributed by atoms with Crippen molar-refractivity contribution in [2.75, 3.05) is 26.8 Å². The topological polar surface area (TPSA) is 24.5 Å². The van der Waals surface area contributed by atoms with Gasteiger partial charge in [0.15, 0.2) is 0 Å². The van der Waals surface area contributed by atoms with Crippen LogP contribution in [0, 0.1) is 0 Å². The fraction of sp³-hybridized carbons (Fsp3) is 0.625. The maximum absolute atomic E-state index is 5.41. The number of hydrogen-bond donors (Lipinski definition) is 1. The third-order valence-corrected chi connectivity index (χ3v) is 3.54. The molecule has 0 spiro atoms. The minimum atomic E-state index is 0.767. The molecular weight excluding hydrogens is 236 g/mol. The maximum Gasteiger partial charge on any atom is 0.0593 e. The molecule has 0 aromatic heterocycles. The quantitative estimate of drug-likeness (QED) is 0.692. The van der Waals surface area contributed by atoms with Crippen molar-refractivity contribution in [2.24, 2.45) is 0 Å². The number of hydrogen-bond acceptors (Lipinski definition) is 3. The lowest BCUT2D eigenvalue weighted by Crippen LogP contribution is -2.24. The molecule has 0 amide bonds. The Balaban J connectivity index is 1.83. The van der Waals surface area contributed by atoms with Crippen molar-refractivity contribution in [3.05, 3.63) is 35.4 Å². The minimum Gasteiger partial charge on any atom is -0.380 e. The maximum atomic E-state index is 5.41. The van der Waals surface area contributed by atoms with Crippen LogP contribution in [0.1, 0.15) is 30.9 Å². The molecular formula is C16H26N2O. The molecule has 2 rings (SSSR count). The first kappa shape index (κ1) is 14.5. The molecule has 1 fully saturated rings. The standard InChI is InChI=1S/C16H26N2O/c1-3-19-11-10-18(2)13-15-7-5-4-6-14(15)12-17-16-8-9-16/h4-7,16-17H,3,8-13H2,1-2H3. The fourth-order valence-electron chi connectivity index (χ4n) is 2.16. The Morgan fingerprint density at radius 3 is 2.68 bits per heavy atom. The highest BCUT2D eigenvalue weighted by atomic mass is 16.5. The van der Waals surface area contributed by atoms with E-state index in [1.165, 1.54) is 24.0 Å². The summed E-state index contributed by atoms with van der Waals surface area (Å²) in [5.41, 5.74) is 2.85. The Morgan fingerprint density at radius 1 is 1.26 bits per heavy atom. The van der Waals surface area contributed by atoms with Gasteiger partial charge in [-0.2, -0.15) is 0 Å². The molecule has 1 aliphatic rings. The van der Waals surface area contributed by atoms with Crippen LogP contribution in [0.5, 0.6) is 0 Å². The molecule has 1 aliphatic carbocycles. The van der Waals surface area contributed by atoms with E-state index in [4.69, 9.17) is 4.74 Å². The predicted octanol–water partition coefficient (Wildman–Crippen LogP) is 2.41. The van der Waals surface area contributed by atoms with Gasteiger partial charge >= 0.3 is 0 Å². The molecule has 1 N–H and O–H groups in total. The molecule has 0 aliphatic heterocycles. The second kappa shape index (κ2) is 7.63. The van der Waals surface area contributed by atoms with E-state index in [1.54, 1.807) is 0 Å². The van der Waals surface area contributed by atoms with Crippen molar-refractivity contribution in [3.63, 3.8) is 0 Å². The van der Waals surface area contributed by atoms with E-state index in [0.29, 0.717) is 0 Å². The van der Waals surface area contributed by atoms with Gasteiger partial charge in [0, 0.05) is 32.3 Å². The zero-order chi connectivity index (χ0) is 13.5. The number of rotatable bonds is 9. The summed E-state index contributed by atoms with van der Waals surface area (Å²) in [6.07, 6.45) is 2.69.